The van der Waals surface area contributed by atoms with E-state index in [0.29, 0.717) is 11.3 Å². The van der Waals surface area contributed by atoms with Gasteiger partial charge in [0.05, 0.1) is 12.1 Å². The van der Waals surface area contributed by atoms with E-state index in [0.717, 1.165) is 10.7 Å². The number of rotatable bonds is 3. The van der Waals surface area contributed by atoms with Crippen LogP contribution in [0.1, 0.15) is 11.1 Å². The lowest BCUT2D eigenvalue weighted by Crippen LogP contribution is -1.95. The van der Waals surface area contributed by atoms with E-state index >= 15 is 0 Å². The van der Waals surface area contributed by atoms with Crippen LogP contribution < -0.4 is 5.73 Å². The molecule has 4 nitrogen and oxygen atoms in total. The summed E-state index contributed by atoms with van der Waals surface area (Å²) in [5, 5.41) is 4.81. The average molecular weight is 276 g/mol. The van der Waals surface area contributed by atoms with Crippen molar-refractivity contribution < 1.29 is 4.39 Å². The molecule has 2 aromatic rings. The average Bonchev–Trinajstić information content (AvgIpc) is 2.82. The van der Waals surface area contributed by atoms with Crippen LogP contribution in [0, 0.1) is 17.7 Å². The van der Waals surface area contributed by atoms with E-state index in [2.05, 4.69) is 21.9 Å². The number of hydrogen-bond donors (Lipinski definition) is 1. The van der Waals surface area contributed by atoms with Gasteiger partial charge in [-0.1, -0.05) is 29.7 Å². The Morgan fingerprint density at radius 3 is 3.00 bits per heavy atom. The van der Waals surface area contributed by atoms with Crippen LogP contribution in [-0.4, -0.2) is 21.3 Å². The van der Waals surface area contributed by atoms with Gasteiger partial charge in [0.1, 0.15) is 12.1 Å². The molecule has 6 heteroatoms. The van der Waals surface area contributed by atoms with Crippen LogP contribution in [0.15, 0.2) is 29.7 Å². The lowest BCUT2D eigenvalue weighted by atomic mass is 10.1. The molecule has 1 aromatic heterocycles. The van der Waals surface area contributed by atoms with Crippen LogP contribution in [0.25, 0.3) is 0 Å². The third-order valence-corrected chi connectivity index (χ3v) is 3.50. The van der Waals surface area contributed by atoms with Gasteiger partial charge >= 0.3 is 0 Å². The van der Waals surface area contributed by atoms with E-state index in [1.807, 2.05) is 7.05 Å². The summed E-state index contributed by atoms with van der Waals surface area (Å²) in [5.74, 6) is 5.74. The minimum atomic E-state index is -0.326. The van der Waals surface area contributed by atoms with Crippen molar-refractivity contribution in [3.05, 3.63) is 41.5 Å². The Morgan fingerprint density at radius 1 is 1.47 bits per heavy atom. The van der Waals surface area contributed by atoms with Gasteiger partial charge in [0, 0.05) is 12.8 Å². The third-order valence-electron chi connectivity index (χ3n) is 2.39. The van der Waals surface area contributed by atoms with Crippen LogP contribution in [0.2, 0.25) is 0 Å². The molecular formula is C13H13FN4S. The van der Waals surface area contributed by atoms with Crippen molar-refractivity contribution in [2.45, 2.75) is 10.9 Å². The minimum Gasteiger partial charge on any atom is -0.320 e. The zero-order valence-electron chi connectivity index (χ0n) is 10.4. The first-order chi connectivity index (χ1) is 9.20. The molecule has 0 amide bonds. The lowest BCUT2D eigenvalue weighted by Gasteiger charge is -2.03. The number of aryl methyl sites for hydroxylation is 1. The smallest absolute Gasteiger partial charge is 0.186 e. The Labute approximate surface area is 115 Å². The van der Waals surface area contributed by atoms with Crippen molar-refractivity contribution in [2.24, 2.45) is 12.8 Å². The molecule has 0 aliphatic heterocycles. The minimum absolute atomic E-state index is 0.220. The second-order valence-electron chi connectivity index (χ2n) is 3.77. The number of nitrogens with two attached hydrogens (primary N) is 1. The summed E-state index contributed by atoms with van der Waals surface area (Å²) in [6.45, 7) is 0.220. The SMILES string of the molecule is Cn1ncnc1SCc1ccc(F)c(C#CCN)c1. The predicted molar refractivity (Wildman–Crippen MR) is 72.9 cm³/mol. The highest BCUT2D eigenvalue weighted by Gasteiger charge is 2.05. The molecule has 2 rings (SSSR count). The molecule has 0 unspecified atom stereocenters. The van der Waals surface area contributed by atoms with Gasteiger partial charge in [0.15, 0.2) is 5.16 Å². The lowest BCUT2D eigenvalue weighted by molar-refractivity contribution is 0.624. The van der Waals surface area contributed by atoms with Crippen molar-refractivity contribution in [3.63, 3.8) is 0 Å². The third kappa shape index (κ3) is 3.56. The first-order valence-corrected chi connectivity index (χ1v) is 6.63. The molecule has 19 heavy (non-hydrogen) atoms. The fourth-order valence-electron chi connectivity index (χ4n) is 1.47. The predicted octanol–water partition coefficient (Wildman–Crippen LogP) is 1.56. The molecule has 0 fully saturated rings. The summed E-state index contributed by atoms with van der Waals surface area (Å²) in [4.78, 5) is 4.12. The molecule has 0 bridgehead atoms. The molecule has 1 aromatic carbocycles. The molecule has 0 radical (unpaired) electrons. The van der Waals surface area contributed by atoms with E-state index in [9.17, 15) is 4.39 Å². The molecule has 0 aliphatic rings. The molecule has 98 valence electrons. The zero-order chi connectivity index (χ0) is 13.7. The van der Waals surface area contributed by atoms with Crippen LogP contribution in [0.3, 0.4) is 0 Å². The maximum atomic E-state index is 13.5. The van der Waals surface area contributed by atoms with Gasteiger partial charge in [-0.2, -0.15) is 5.10 Å². The highest BCUT2D eigenvalue weighted by atomic mass is 32.2. The van der Waals surface area contributed by atoms with Crippen molar-refractivity contribution in [2.75, 3.05) is 6.54 Å². The van der Waals surface area contributed by atoms with E-state index < -0.39 is 0 Å². The molecule has 0 saturated heterocycles. The summed E-state index contributed by atoms with van der Waals surface area (Å²) in [7, 11) is 1.83. The zero-order valence-corrected chi connectivity index (χ0v) is 11.2. The second kappa shape index (κ2) is 6.36. The summed E-state index contributed by atoms with van der Waals surface area (Å²) >= 11 is 1.54. The molecule has 0 atom stereocenters. The Bertz CT molecular complexity index is 627. The maximum Gasteiger partial charge on any atom is 0.186 e. The Hall–Kier alpha value is -1.84. The number of benzene rings is 1. The van der Waals surface area contributed by atoms with Gasteiger partial charge in [-0.05, 0) is 17.7 Å². The fourth-order valence-corrected chi connectivity index (χ4v) is 2.30. The Morgan fingerprint density at radius 2 is 2.32 bits per heavy atom. The van der Waals surface area contributed by atoms with Gasteiger partial charge in [0.2, 0.25) is 0 Å². The monoisotopic (exact) mass is 276 g/mol. The second-order valence-corrected chi connectivity index (χ2v) is 4.72. The first kappa shape index (κ1) is 13.6. The van der Waals surface area contributed by atoms with Crippen LogP contribution in [-0.2, 0) is 12.8 Å². The van der Waals surface area contributed by atoms with E-state index in [-0.39, 0.29) is 12.4 Å². The molecule has 1 heterocycles. The molecule has 0 saturated carbocycles. The normalized spacial score (nSPS) is 10.1. The van der Waals surface area contributed by atoms with Crippen LogP contribution in [0.5, 0.6) is 0 Å². The Kier molecular flexibility index (Phi) is 4.55. The highest BCUT2D eigenvalue weighted by Crippen LogP contribution is 2.21. The largest absolute Gasteiger partial charge is 0.320 e. The molecule has 2 N–H and O–H groups in total. The number of nitrogens with zero attached hydrogens (tertiary/aromatic N) is 3. The van der Waals surface area contributed by atoms with Crippen molar-refractivity contribution in [3.8, 4) is 11.8 Å². The van der Waals surface area contributed by atoms with Crippen LogP contribution >= 0.6 is 11.8 Å². The van der Waals surface area contributed by atoms with Crippen molar-refractivity contribution in [1.82, 2.24) is 14.8 Å². The summed E-state index contributed by atoms with van der Waals surface area (Å²) in [6.07, 6.45) is 1.51. The Balaban J connectivity index is 2.11. The number of hydrogen-bond acceptors (Lipinski definition) is 4. The van der Waals surface area contributed by atoms with Gasteiger partial charge in [-0.15, -0.1) is 0 Å². The van der Waals surface area contributed by atoms with Gasteiger partial charge in [-0.3, -0.25) is 0 Å². The summed E-state index contributed by atoms with van der Waals surface area (Å²) in [5.41, 5.74) is 6.64. The number of halogens is 1. The summed E-state index contributed by atoms with van der Waals surface area (Å²) < 4.78 is 15.2. The van der Waals surface area contributed by atoms with Crippen LogP contribution in [0.4, 0.5) is 4.39 Å². The maximum absolute atomic E-state index is 13.5. The van der Waals surface area contributed by atoms with E-state index in [1.165, 1.54) is 24.2 Å². The molecule has 0 spiro atoms. The molecule has 0 aliphatic carbocycles. The van der Waals surface area contributed by atoms with E-state index in [1.54, 1.807) is 16.8 Å². The highest BCUT2D eigenvalue weighted by molar-refractivity contribution is 7.98. The van der Waals surface area contributed by atoms with E-state index in [4.69, 9.17) is 5.73 Å². The number of thioether (sulfide) groups is 1. The van der Waals surface area contributed by atoms with Gasteiger partial charge < -0.3 is 5.73 Å². The standard InChI is InChI=1S/C13H13FN4S/c1-18-13(16-9-17-18)19-8-10-4-5-12(14)11(7-10)3-2-6-15/h4-5,7,9H,6,8,15H2,1H3. The first-order valence-electron chi connectivity index (χ1n) is 5.65. The van der Waals surface area contributed by atoms with Gasteiger partial charge in [0.25, 0.3) is 0 Å². The van der Waals surface area contributed by atoms with Crippen molar-refractivity contribution >= 4 is 11.8 Å². The molecular weight excluding hydrogens is 263 g/mol. The topological polar surface area (TPSA) is 56.7 Å². The van der Waals surface area contributed by atoms with Gasteiger partial charge in [-0.25, -0.2) is 14.1 Å². The number of aromatic nitrogens is 3. The quantitative estimate of drug-likeness (QED) is 0.683. The summed E-state index contributed by atoms with van der Waals surface area (Å²) in [6, 6.07) is 4.90. The van der Waals surface area contributed by atoms with Crippen molar-refractivity contribution in [1.29, 1.82) is 0 Å². The fraction of sp³-hybridized carbons (Fsp3) is 0.231.